The summed E-state index contributed by atoms with van der Waals surface area (Å²) in [7, 11) is 0. The van der Waals surface area contributed by atoms with Crippen molar-refractivity contribution in [2.45, 2.75) is 0 Å². The molecular weight excluding hydrogens is 725 g/mol. The van der Waals surface area contributed by atoms with Crippen LogP contribution in [0.3, 0.4) is 0 Å². The average Bonchev–Trinajstić information content (AvgIpc) is 4.00. The first-order valence-electron chi connectivity index (χ1n) is 16.2. The zero-order valence-corrected chi connectivity index (χ0v) is 31.1. The van der Waals surface area contributed by atoms with E-state index >= 15 is 0 Å². The van der Waals surface area contributed by atoms with Crippen molar-refractivity contribution in [1.29, 1.82) is 0 Å². The number of anilines is 6. The third-order valence-electron chi connectivity index (χ3n) is 9.51. The lowest BCUT2D eigenvalue weighted by Gasteiger charge is -2.31. The SMILES string of the molecule is c1cc2cc(N(c3ccc4ccsc4c3)c3c4ccsc4c(N(c4ccc5ccsc5c4)c4ccc5ccsc5c4)c4ccsc34)ccc2s1. The first-order chi connectivity index (χ1) is 24.8. The zero-order valence-electron chi connectivity index (χ0n) is 26.2. The van der Waals surface area contributed by atoms with Gasteiger partial charge in [0.15, 0.2) is 0 Å². The molecule has 0 unspecified atom stereocenters. The molecule has 0 aliphatic heterocycles. The van der Waals surface area contributed by atoms with Crippen LogP contribution >= 0.6 is 68.0 Å². The summed E-state index contributed by atoms with van der Waals surface area (Å²) in [5, 5.41) is 20.9. The van der Waals surface area contributed by atoms with Crippen LogP contribution in [0.2, 0.25) is 0 Å². The maximum atomic E-state index is 2.51. The Morgan fingerprint density at radius 1 is 0.300 bits per heavy atom. The molecule has 5 aromatic carbocycles. The van der Waals surface area contributed by atoms with E-state index in [0.29, 0.717) is 0 Å². The standard InChI is InChI=1S/C42H24N2S6/c1-4-30(22-36-25(1)9-15-46-36)43(29-7-8-35-28(21-29)12-18-45-35)39-33-13-19-50-42(33)40(34-14-20-49-41(34)39)44(31-5-2-26-10-16-47-37(26)23-31)32-6-3-27-11-17-48-38(27)24-32/h1-24H. The molecule has 11 aromatic rings. The Kier molecular flexibility index (Phi) is 6.72. The lowest BCUT2D eigenvalue weighted by molar-refractivity contribution is 1.32. The summed E-state index contributed by atoms with van der Waals surface area (Å²) in [4.78, 5) is 5.02. The van der Waals surface area contributed by atoms with Crippen LogP contribution in [-0.4, -0.2) is 0 Å². The topological polar surface area (TPSA) is 6.48 Å². The second-order valence-electron chi connectivity index (χ2n) is 12.3. The summed E-state index contributed by atoms with van der Waals surface area (Å²) >= 11 is 10.9. The van der Waals surface area contributed by atoms with Gasteiger partial charge in [-0.25, -0.2) is 0 Å². The summed E-state index contributed by atoms with van der Waals surface area (Å²) in [6, 6.07) is 41.2. The molecule has 0 atom stereocenters. The Bertz CT molecular complexity index is 2640. The van der Waals surface area contributed by atoms with E-state index in [0.717, 1.165) is 0 Å². The molecule has 0 N–H and O–H groups in total. The minimum absolute atomic E-state index is 1.17. The van der Waals surface area contributed by atoms with E-state index in [1.54, 1.807) is 45.3 Å². The monoisotopic (exact) mass is 748 g/mol. The van der Waals surface area contributed by atoms with Gasteiger partial charge < -0.3 is 9.80 Å². The average molecular weight is 749 g/mol. The summed E-state index contributed by atoms with van der Waals surface area (Å²) in [6.07, 6.45) is 0. The van der Waals surface area contributed by atoms with Gasteiger partial charge in [-0.3, -0.25) is 0 Å². The van der Waals surface area contributed by atoms with Crippen molar-refractivity contribution in [2.24, 2.45) is 0 Å². The van der Waals surface area contributed by atoms with Gasteiger partial charge in [0.1, 0.15) is 0 Å². The van der Waals surface area contributed by atoms with E-state index < -0.39 is 0 Å². The van der Waals surface area contributed by atoms with E-state index in [-0.39, 0.29) is 0 Å². The number of rotatable bonds is 6. The summed E-state index contributed by atoms with van der Waals surface area (Å²) < 4.78 is 7.75. The maximum absolute atomic E-state index is 2.51. The molecular formula is C42H24N2S6. The molecule has 0 bridgehead atoms. The summed E-state index contributed by atoms with van der Waals surface area (Å²) in [5.74, 6) is 0. The van der Waals surface area contributed by atoms with Crippen molar-refractivity contribution < 1.29 is 0 Å². The predicted molar refractivity (Wildman–Crippen MR) is 228 cm³/mol. The third-order valence-corrected chi connectivity index (χ3v) is 14.9. The number of hydrogen-bond donors (Lipinski definition) is 0. The van der Waals surface area contributed by atoms with Crippen LogP contribution in [0.25, 0.3) is 60.5 Å². The highest BCUT2D eigenvalue weighted by Gasteiger charge is 2.27. The number of fused-ring (bicyclic) bond motifs is 6. The zero-order chi connectivity index (χ0) is 32.8. The second kappa shape index (κ2) is 11.5. The van der Waals surface area contributed by atoms with Crippen LogP contribution in [0.15, 0.2) is 141 Å². The van der Waals surface area contributed by atoms with Crippen LogP contribution in [-0.2, 0) is 0 Å². The number of nitrogens with zero attached hydrogens (tertiary/aromatic N) is 2. The predicted octanol–water partition coefficient (Wildman–Crippen LogP) is 15.9. The van der Waals surface area contributed by atoms with Crippen LogP contribution < -0.4 is 9.80 Å². The molecule has 50 heavy (non-hydrogen) atoms. The summed E-state index contributed by atoms with van der Waals surface area (Å²) in [5.41, 5.74) is 7.17. The molecule has 0 saturated heterocycles. The van der Waals surface area contributed by atoms with Crippen molar-refractivity contribution >= 4 is 163 Å². The Labute approximate surface area is 311 Å². The van der Waals surface area contributed by atoms with Gasteiger partial charge in [0.2, 0.25) is 0 Å². The molecule has 238 valence electrons. The van der Waals surface area contributed by atoms with Crippen LogP contribution in [0.1, 0.15) is 0 Å². The first kappa shape index (κ1) is 29.2. The van der Waals surface area contributed by atoms with Gasteiger partial charge >= 0.3 is 0 Å². The quantitative estimate of drug-likeness (QED) is 0.156. The molecule has 0 fully saturated rings. The van der Waals surface area contributed by atoms with Gasteiger partial charge in [-0.15, -0.1) is 68.0 Å². The van der Waals surface area contributed by atoms with Gasteiger partial charge in [0.25, 0.3) is 0 Å². The van der Waals surface area contributed by atoms with Crippen molar-refractivity contribution in [1.82, 2.24) is 0 Å². The molecule has 0 saturated carbocycles. The van der Waals surface area contributed by atoms with Gasteiger partial charge in [-0.05, 0) is 145 Å². The van der Waals surface area contributed by atoms with Crippen LogP contribution in [0.5, 0.6) is 0 Å². The van der Waals surface area contributed by atoms with Gasteiger partial charge in [-0.2, -0.15) is 0 Å². The highest BCUT2D eigenvalue weighted by Crippen LogP contribution is 2.54. The molecule has 6 heterocycles. The fourth-order valence-electron chi connectivity index (χ4n) is 7.20. The van der Waals surface area contributed by atoms with E-state index in [9.17, 15) is 0 Å². The fraction of sp³-hybridized carbons (Fsp3) is 0. The lowest BCUT2D eigenvalue weighted by Crippen LogP contribution is -2.13. The van der Waals surface area contributed by atoms with E-state index in [4.69, 9.17) is 0 Å². The molecule has 11 rings (SSSR count). The third kappa shape index (κ3) is 4.53. The fourth-order valence-corrected chi connectivity index (χ4v) is 12.3. The Morgan fingerprint density at radius 3 is 1.16 bits per heavy atom. The Hall–Kier alpha value is -4.54. The minimum Gasteiger partial charge on any atom is -0.308 e. The largest absolute Gasteiger partial charge is 0.308 e. The maximum Gasteiger partial charge on any atom is 0.0728 e. The molecule has 0 spiro atoms. The van der Waals surface area contributed by atoms with Gasteiger partial charge in [-0.1, -0.05) is 18.2 Å². The van der Waals surface area contributed by atoms with Crippen LogP contribution in [0.4, 0.5) is 34.1 Å². The second-order valence-corrected chi connectivity index (χ2v) is 17.9. The van der Waals surface area contributed by atoms with Crippen molar-refractivity contribution in [3.05, 3.63) is 141 Å². The van der Waals surface area contributed by atoms with Gasteiger partial charge in [0, 0.05) is 52.3 Å². The highest BCUT2D eigenvalue weighted by atomic mass is 32.1. The Morgan fingerprint density at radius 2 is 0.680 bits per heavy atom. The molecule has 2 nitrogen and oxygen atoms in total. The molecule has 0 radical (unpaired) electrons. The van der Waals surface area contributed by atoms with Gasteiger partial charge in [0.05, 0.1) is 20.8 Å². The molecule has 8 heteroatoms. The van der Waals surface area contributed by atoms with Crippen molar-refractivity contribution in [2.75, 3.05) is 9.80 Å². The lowest BCUT2D eigenvalue weighted by atomic mass is 10.0. The minimum atomic E-state index is 1.17. The van der Waals surface area contributed by atoms with E-state index in [2.05, 4.69) is 151 Å². The van der Waals surface area contributed by atoms with Crippen molar-refractivity contribution in [3.8, 4) is 0 Å². The normalized spacial score (nSPS) is 12.0. The smallest absolute Gasteiger partial charge is 0.0728 e. The van der Waals surface area contributed by atoms with E-state index in [1.807, 2.05) is 22.7 Å². The van der Waals surface area contributed by atoms with E-state index in [1.165, 1.54) is 94.6 Å². The molecule has 6 aromatic heterocycles. The van der Waals surface area contributed by atoms with Crippen LogP contribution in [0, 0.1) is 0 Å². The number of hydrogen-bond acceptors (Lipinski definition) is 8. The first-order valence-corrected chi connectivity index (χ1v) is 21.4. The molecule has 0 aliphatic rings. The number of thiophene rings is 6. The van der Waals surface area contributed by atoms with Crippen molar-refractivity contribution in [3.63, 3.8) is 0 Å². The highest BCUT2D eigenvalue weighted by molar-refractivity contribution is 7.20. The summed E-state index contributed by atoms with van der Waals surface area (Å²) in [6.45, 7) is 0. The molecule has 0 aliphatic carbocycles. The molecule has 0 amide bonds. The number of benzene rings is 5. The Balaban J connectivity index is 1.22.